The van der Waals surface area contributed by atoms with Crippen LogP contribution in [0.3, 0.4) is 0 Å². The molecule has 0 aromatic heterocycles. The summed E-state index contributed by atoms with van der Waals surface area (Å²) < 4.78 is 39.4. The molecule has 0 aliphatic carbocycles. The molecule has 12 heteroatoms. The zero-order valence-corrected chi connectivity index (χ0v) is 45.4. The predicted molar refractivity (Wildman–Crippen MR) is 288 cm³/mol. The third-order valence-corrected chi connectivity index (χ3v) is 12.6. The van der Waals surface area contributed by atoms with Gasteiger partial charge in [-0.15, -0.1) is 0 Å². The molecule has 0 heterocycles. The molecule has 11 nitrogen and oxygen atoms in total. The molecule has 0 aliphatic heterocycles. The fraction of sp³-hybridized carbons (Fsp3) is 0.741. The molecule has 0 radical (unpaired) electrons. The van der Waals surface area contributed by atoms with Crippen LogP contribution in [0.4, 0.5) is 0 Å². The number of aliphatic hydroxyl groups is 1. The standard InChI is InChI=1S/C58H101O11P/c1-4-7-10-13-16-19-22-25-26-27-28-31-34-37-40-43-46-49-58(62)69-55(51-65-56(60)47-44-41-38-35-32-29-23-20-17-14-11-8-5-2)53-67-70(63,64)66-52-54(50-59)68-57(61)48-45-42-39-36-33-30-24-21-18-15-12-9-6-3/h7,9-10,12,16,18-19,21,25-26,30,33,54-55,59H,4-6,8,11,13-15,17,20,22-24,27-29,31-32,34-53H2,1-3H3,(H,63,64)/b10-7-,12-9-,19-16-,21-18-,26-25-,33-30-. The highest BCUT2D eigenvalue weighted by molar-refractivity contribution is 7.47. The van der Waals surface area contributed by atoms with Gasteiger partial charge in [-0.3, -0.25) is 23.4 Å². The van der Waals surface area contributed by atoms with Crippen LogP contribution in [0.5, 0.6) is 0 Å². The Morgan fingerprint density at radius 3 is 1.16 bits per heavy atom. The highest BCUT2D eigenvalue weighted by Gasteiger charge is 2.28. The van der Waals surface area contributed by atoms with Crippen molar-refractivity contribution in [2.24, 2.45) is 0 Å². The molecule has 0 aliphatic rings. The number of carbonyl (C=O) groups is 3. The van der Waals surface area contributed by atoms with Crippen molar-refractivity contribution in [2.75, 3.05) is 26.4 Å². The summed E-state index contributed by atoms with van der Waals surface area (Å²) in [6.07, 6.45) is 57.2. The van der Waals surface area contributed by atoms with Gasteiger partial charge in [0.25, 0.3) is 0 Å². The van der Waals surface area contributed by atoms with Gasteiger partial charge in [0, 0.05) is 19.3 Å². The van der Waals surface area contributed by atoms with Crippen LogP contribution in [0.2, 0.25) is 0 Å². The van der Waals surface area contributed by atoms with Gasteiger partial charge >= 0.3 is 25.7 Å². The molecule has 3 unspecified atom stereocenters. The van der Waals surface area contributed by atoms with Crippen molar-refractivity contribution in [1.82, 2.24) is 0 Å². The van der Waals surface area contributed by atoms with Crippen LogP contribution in [-0.4, -0.2) is 66.5 Å². The molecule has 0 aromatic rings. The van der Waals surface area contributed by atoms with E-state index in [-0.39, 0.29) is 25.9 Å². The van der Waals surface area contributed by atoms with E-state index in [4.69, 9.17) is 23.3 Å². The molecule has 3 atom stereocenters. The third-order valence-electron chi connectivity index (χ3n) is 11.6. The van der Waals surface area contributed by atoms with Crippen molar-refractivity contribution < 1.29 is 52.2 Å². The van der Waals surface area contributed by atoms with Gasteiger partial charge in [-0.2, -0.15) is 0 Å². The molecule has 404 valence electrons. The number of hydrogen-bond donors (Lipinski definition) is 2. The molecule has 0 fully saturated rings. The normalized spacial score (nSPS) is 14.0. The Kier molecular flexibility index (Phi) is 50.0. The Morgan fingerprint density at radius 1 is 0.414 bits per heavy atom. The maximum atomic E-state index is 12.9. The first kappa shape index (κ1) is 66.9. The van der Waals surface area contributed by atoms with Crippen LogP contribution in [-0.2, 0) is 42.2 Å². The van der Waals surface area contributed by atoms with E-state index < -0.39 is 57.8 Å². The summed E-state index contributed by atoms with van der Waals surface area (Å²) in [5, 5.41) is 9.79. The minimum absolute atomic E-state index is 0.140. The summed E-state index contributed by atoms with van der Waals surface area (Å²) in [7, 11) is -4.75. The van der Waals surface area contributed by atoms with E-state index >= 15 is 0 Å². The molecule has 0 rings (SSSR count). The average Bonchev–Trinajstić information content (AvgIpc) is 3.35. The summed E-state index contributed by atoms with van der Waals surface area (Å²) in [5.74, 6) is -1.50. The quantitative estimate of drug-likeness (QED) is 0.0197. The molecule has 0 bridgehead atoms. The van der Waals surface area contributed by atoms with Gasteiger partial charge in [0.15, 0.2) is 6.10 Å². The second-order valence-corrected chi connectivity index (χ2v) is 19.8. The Morgan fingerprint density at radius 2 is 0.743 bits per heavy atom. The van der Waals surface area contributed by atoms with Crippen LogP contribution in [0.15, 0.2) is 72.9 Å². The van der Waals surface area contributed by atoms with E-state index in [1.807, 2.05) is 0 Å². The highest BCUT2D eigenvalue weighted by Crippen LogP contribution is 2.43. The fourth-order valence-electron chi connectivity index (χ4n) is 7.44. The minimum Gasteiger partial charge on any atom is -0.462 e. The smallest absolute Gasteiger partial charge is 0.462 e. The maximum Gasteiger partial charge on any atom is 0.472 e. The Labute approximate surface area is 427 Å². The van der Waals surface area contributed by atoms with Gasteiger partial charge in [0.1, 0.15) is 12.7 Å². The van der Waals surface area contributed by atoms with Crippen LogP contribution in [0.25, 0.3) is 0 Å². The van der Waals surface area contributed by atoms with Gasteiger partial charge in [-0.1, -0.05) is 209 Å². The molecule has 0 saturated carbocycles. The molecule has 2 N–H and O–H groups in total. The van der Waals surface area contributed by atoms with E-state index in [1.165, 1.54) is 64.2 Å². The van der Waals surface area contributed by atoms with E-state index in [2.05, 4.69) is 93.7 Å². The number of esters is 3. The number of aliphatic hydroxyl groups excluding tert-OH is 1. The number of unbranched alkanes of at least 4 members (excludes halogenated alkanes) is 22. The van der Waals surface area contributed by atoms with E-state index in [9.17, 15) is 28.9 Å². The fourth-order valence-corrected chi connectivity index (χ4v) is 8.23. The first-order valence-electron chi connectivity index (χ1n) is 27.8. The zero-order chi connectivity index (χ0) is 51.3. The van der Waals surface area contributed by atoms with Gasteiger partial charge in [-0.05, 0) is 83.5 Å². The first-order valence-corrected chi connectivity index (χ1v) is 29.3. The second-order valence-electron chi connectivity index (χ2n) is 18.3. The van der Waals surface area contributed by atoms with Gasteiger partial charge in [0.2, 0.25) is 0 Å². The van der Waals surface area contributed by atoms with Crippen LogP contribution < -0.4 is 0 Å². The SMILES string of the molecule is CC/C=C\C/C=C\C/C=C\CCCCCCCCCC(=O)OC(COC(=O)CCCCCCCCCCCCCCC)COP(=O)(O)OCC(CO)OC(=O)CCCCC/C=C\C/C=C\C/C=C\CC. The molecular formula is C58H101O11P. The topological polar surface area (TPSA) is 155 Å². The summed E-state index contributed by atoms with van der Waals surface area (Å²) in [6.45, 7) is 4.38. The van der Waals surface area contributed by atoms with Crippen LogP contribution in [0, 0.1) is 0 Å². The zero-order valence-electron chi connectivity index (χ0n) is 44.5. The van der Waals surface area contributed by atoms with Crippen molar-refractivity contribution in [3.05, 3.63) is 72.9 Å². The Bertz CT molecular complexity index is 1450. The summed E-state index contributed by atoms with van der Waals surface area (Å²) in [5.41, 5.74) is 0. The monoisotopic (exact) mass is 1000 g/mol. The molecular weight excluding hydrogens is 904 g/mol. The van der Waals surface area contributed by atoms with Crippen LogP contribution >= 0.6 is 7.82 Å². The lowest BCUT2D eigenvalue weighted by molar-refractivity contribution is -0.161. The van der Waals surface area contributed by atoms with Crippen molar-refractivity contribution in [2.45, 2.75) is 251 Å². The van der Waals surface area contributed by atoms with E-state index in [0.717, 1.165) is 116 Å². The van der Waals surface area contributed by atoms with E-state index in [1.54, 1.807) is 0 Å². The summed E-state index contributed by atoms with van der Waals surface area (Å²) in [6, 6.07) is 0. The minimum atomic E-state index is -4.75. The summed E-state index contributed by atoms with van der Waals surface area (Å²) in [4.78, 5) is 48.4. The number of ether oxygens (including phenoxy) is 3. The second kappa shape index (κ2) is 52.2. The number of hydrogen-bond acceptors (Lipinski definition) is 10. The molecule has 70 heavy (non-hydrogen) atoms. The van der Waals surface area contributed by atoms with Gasteiger partial charge in [-0.25, -0.2) is 4.57 Å². The third kappa shape index (κ3) is 49.9. The number of allylic oxidation sites excluding steroid dienone is 12. The van der Waals surface area contributed by atoms with Crippen molar-refractivity contribution in [3.63, 3.8) is 0 Å². The van der Waals surface area contributed by atoms with Crippen molar-refractivity contribution in [3.8, 4) is 0 Å². The summed E-state index contributed by atoms with van der Waals surface area (Å²) >= 11 is 0. The average molecular weight is 1010 g/mol. The van der Waals surface area contributed by atoms with E-state index in [0.29, 0.717) is 19.3 Å². The predicted octanol–water partition coefficient (Wildman–Crippen LogP) is 16.1. The number of rotatable bonds is 51. The van der Waals surface area contributed by atoms with Gasteiger partial charge < -0.3 is 24.2 Å². The largest absolute Gasteiger partial charge is 0.472 e. The Balaban J connectivity index is 4.76. The molecule has 0 aromatic carbocycles. The van der Waals surface area contributed by atoms with Crippen molar-refractivity contribution in [1.29, 1.82) is 0 Å². The highest BCUT2D eigenvalue weighted by atomic mass is 31.2. The number of carbonyl (C=O) groups excluding carboxylic acids is 3. The molecule has 0 amide bonds. The van der Waals surface area contributed by atoms with Gasteiger partial charge in [0.05, 0.1) is 19.8 Å². The van der Waals surface area contributed by atoms with Crippen molar-refractivity contribution >= 4 is 25.7 Å². The first-order chi connectivity index (χ1) is 34.2. The number of phosphoric ester groups is 1. The Hall–Kier alpha value is -3.08. The number of phosphoric acid groups is 1. The lowest BCUT2D eigenvalue weighted by Gasteiger charge is -2.21. The molecule has 0 spiro atoms. The lowest BCUT2D eigenvalue weighted by atomic mass is 10.0. The molecule has 0 saturated heterocycles. The maximum absolute atomic E-state index is 12.9. The van der Waals surface area contributed by atoms with Crippen LogP contribution in [0.1, 0.15) is 239 Å². The lowest BCUT2D eigenvalue weighted by Crippen LogP contribution is -2.30.